The number of hydrogen-bond acceptors (Lipinski definition) is 5. The van der Waals surface area contributed by atoms with Crippen LogP contribution in [0.2, 0.25) is 0 Å². The van der Waals surface area contributed by atoms with Crippen LogP contribution in [0, 0.1) is 18.3 Å². The summed E-state index contributed by atoms with van der Waals surface area (Å²) >= 11 is 0. The van der Waals surface area contributed by atoms with Crippen molar-refractivity contribution in [2.24, 2.45) is 0 Å². The van der Waals surface area contributed by atoms with Gasteiger partial charge < -0.3 is 10.3 Å². The van der Waals surface area contributed by atoms with Crippen molar-refractivity contribution in [1.29, 1.82) is 5.26 Å². The zero-order valence-corrected chi connectivity index (χ0v) is 20.4. The standard InChI is InChI=1S/C25H25N7O3S/c1-16-5-10-21(24-23(16)18(13-26)15-27-24)31-36(34,35)20-8-6-17(7-9-20)14-28-25(33)30-22-11-12-29-32(22)19-3-2-4-19/h5-12,15,19,27,31H,2-4,14H2,1H3,(H2,28,30,33). The van der Waals surface area contributed by atoms with E-state index in [4.69, 9.17) is 0 Å². The minimum Gasteiger partial charge on any atom is -0.358 e. The van der Waals surface area contributed by atoms with Crippen molar-refractivity contribution in [3.63, 3.8) is 0 Å². The Kier molecular flexibility index (Phi) is 6.12. The Hall–Kier alpha value is -4.30. The number of anilines is 2. The minimum atomic E-state index is -3.87. The number of benzene rings is 2. The van der Waals surface area contributed by atoms with Crippen molar-refractivity contribution in [1.82, 2.24) is 20.1 Å². The third-order valence-corrected chi connectivity index (χ3v) is 7.81. The van der Waals surface area contributed by atoms with Gasteiger partial charge in [0.2, 0.25) is 0 Å². The molecule has 1 fully saturated rings. The lowest BCUT2D eigenvalue weighted by molar-refractivity contribution is 0.250. The van der Waals surface area contributed by atoms with Crippen LogP contribution in [0.5, 0.6) is 0 Å². The van der Waals surface area contributed by atoms with E-state index in [9.17, 15) is 18.5 Å². The van der Waals surface area contributed by atoms with Gasteiger partial charge in [-0.1, -0.05) is 18.2 Å². The first kappa shape index (κ1) is 23.4. The second kappa shape index (κ2) is 9.39. The number of hydrogen-bond donors (Lipinski definition) is 4. The Morgan fingerprint density at radius 1 is 1.19 bits per heavy atom. The van der Waals surface area contributed by atoms with Crippen LogP contribution in [-0.2, 0) is 16.6 Å². The second-order valence-corrected chi connectivity index (χ2v) is 10.5. The van der Waals surface area contributed by atoms with Gasteiger partial charge in [-0.25, -0.2) is 17.9 Å². The molecular weight excluding hydrogens is 478 g/mol. The topological polar surface area (TPSA) is 145 Å². The monoisotopic (exact) mass is 503 g/mol. The van der Waals surface area contributed by atoms with E-state index in [1.165, 1.54) is 18.6 Å². The molecule has 0 spiro atoms. The van der Waals surface area contributed by atoms with Gasteiger partial charge in [0.05, 0.1) is 33.9 Å². The van der Waals surface area contributed by atoms with Gasteiger partial charge in [0.1, 0.15) is 11.9 Å². The van der Waals surface area contributed by atoms with Crippen molar-refractivity contribution in [2.75, 3.05) is 10.0 Å². The fourth-order valence-corrected chi connectivity index (χ4v) is 5.33. The van der Waals surface area contributed by atoms with Crippen LogP contribution in [0.1, 0.15) is 42.0 Å². The number of rotatable bonds is 7. The zero-order valence-electron chi connectivity index (χ0n) is 19.6. The summed E-state index contributed by atoms with van der Waals surface area (Å²) in [5.74, 6) is 0.652. The molecule has 0 radical (unpaired) electrons. The molecule has 5 rings (SSSR count). The lowest BCUT2D eigenvalue weighted by atomic mass is 9.93. The molecule has 184 valence electrons. The van der Waals surface area contributed by atoms with Crippen molar-refractivity contribution >= 4 is 38.5 Å². The lowest BCUT2D eigenvalue weighted by Crippen LogP contribution is -2.30. The van der Waals surface area contributed by atoms with Crippen molar-refractivity contribution in [2.45, 2.75) is 43.7 Å². The van der Waals surface area contributed by atoms with Gasteiger partial charge in [-0.2, -0.15) is 10.4 Å². The number of aromatic nitrogens is 3. The summed E-state index contributed by atoms with van der Waals surface area (Å²) in [5.41, 5.74) is 3.00. The van der Waals surface area contributed by atoms with Crippen molar-refractivity contribution in [3.8, 4) is 6.07 Å². The summed E-state index contributed by atoms with van der Waals surface area (Å²) < 4.78 is 30.4. The van der Waals surface area contributed by atoms with E-state index in [1.807, 2.05) is 11.6 Å². The van der Waals surface area contributed by atoms with Crippen LogP contribution in [-0.4, -0.2) is 29.2 Å². The summed E-state index contributed by atoms with van der Waals surface area (Å²) in [6.07, 6.45) is 6.52. The first-order valence-electron chi connectivity index (χ1n) is 11.6. The van der Waals surface area contributed by atoms with Gasteiger partial charge in [0.15, 0.2) is 0 Å². The maximum absolute atomic E-state index is 13.0. The average molecular weight is 504 g/mol. The van der Waals surface area contributed by atoms with Crippen LogP contribution in [0.3, 0.4) is 0 Å². The summed E-state index contributed by atoms with van der Waals surface area (Å²) in [4.78, 5) is 15.4. The van der Waals surface area contributed by atoms with Gasteiger partial charge >= 0.3 is 6.03 Å². The summed E-state index contributed by atoms with van der Waals surface area (Å²) in [6, 6.07) is 13.6. The SMILES string of the molecule is Cc1ccc(NS(=O)(=O)c2ccc(CNC(=O)Nc3ccnn3C3CCC3)cc2)c2[nH]cc(C#N)c12. The van der Waals surface area contributed by atoms with E-state index in [0.717, 1.165) is 24.0 Å². The molecule has 1 aliphatic carbocycles. The molecule has 11 heteroatoms. The second-order valence-electron chi connectivity index (χ2n) is 8.80. The van der Waals surface area contributed by atoms with Gasteiger partial charge in [-0.05, 0) is 55.5 Å². The van der Waals surface area contributed by atoms with Crippen molar-refractivity contribution < 1.29 is 13.2 Å². The molecule has 4 N–H and O–H groups in total. The van der Waals surface area contributed by atoms with Gasteiger partial charge in [0.25, 0.3) is 10.0 Å². The van der Waals surface area contributed by atoms with Gasteiger partial charge in [0, 0.05) is 24.2 Å². The molecule has 2 heterocycles. The number of sulfonamides is 1. The molecule has 1 aliphatic rings. The molecule has 36 heavy (non-hydrogen) atoms. The molecule has 4 aromatic rings. The van der Waals surface area contributed by atoms with E-state index in [2.05, 4.69) is 31.5 Å². The lowest BCUT2D eigenvalue weighted by Gasteiger charge is -2.27. The molecule has 0 saturated heterocycles. The Morgan fingerprint density at radius 3 is 2.67 bits per heavy atom. The number of H-pyrrole nitrogens is 1. The van der Waals surface area contributed by atoms with Crippen molar-refractivity contribution in [3.05, 3.63) is 71.5 Å². The Bertz CT molecular complexity index is 1580. The van der Waals surface area contributed by atoms with E-state index in [0.29, 0.717) is 34.0 Å². The van der Waals surface area contributed by atoms with E-state index in [1.54, 1.807) is 42.7 Å². The van der Waals surface area contributed by atoms with Crippen LogP contribution < -0.4 is 15.4 Å². The predicted octanol–water partition coefficient (Wildman–Crippen LogP) is 4.39. The van der Waals surface area contributed by atoms with Crippen LogP contribution >= 0.6 is 0 Å². The molecule has 0 atom stereocenters. The quantitative estimate of drug-likeness (QED) is 0.296. The molecule has 2 aromatic heterocycles. The number of nitrogens with one attached hydrogen (secondary N) is 4. The summed E-state index contributed by atoms with van der Waals surface area (Å²) in [7, 11) is -3.87. The fraction of sp³-hybridized carbons (Fsp3) is 0.240. The maximum Gasteiger partial charge on any atom is 0.320 e. The molecule has 2 aromatic carbocycles. The number of carbonyl (C=O) groups excluding carboxylic acids is 1. The highest BCUT2D eigenvalue weighted by molar-refractivity contribution is 7.92. The van der Waals surface area contributed by atoms with E-state index in [-0.39, 0.29) is 17.5 Å². The number of nitrogens with zero attached hydrogens (tertiary/aromatic N) is 3. The van der Waals surface area contributed by atoms with Crippen LogP contribution in [0.15, 0.2) is 59.8 Å². The number of aryl methyl sites for hydroxylation is 1. The maximum atomic E-state index is 13.0. The first-order valence-corrected chi connectivity index (χ1v) is 13.0. The normalized spacial score (nSPS) is 13.7. The Labute approximate surface area is 208 Å². The number of urea groups is 1. The predicted molar refractivity (Wildman–Crippen MR) is 136 cm³/mol. The summed E-state index contributed by atoms with van der Waals surface area (Å²) in [6.45, 7) is 2.10. The van der Waals surface area contributed by atoms with Gasteiger partial charge in [-0.3, -0.25) is 10.0 Å². The number of amides is 2. The Balaban J connectivity index is 1.23. The zero-order chi connectivity index (χ0) is 25.3. The van der Waals surface area contributed by atoms with Crippen LogP contribution in [0.4, 0.5) is 16.3 Å². The molecule has 2 amide bonds. The smallest absolute Gasteiger partial charge is 0.320 e. The number of nitriles is 1. The number of fused-ring (bicyclic) bond motifs is 1. The third kappa shape index (κ3) is 4.50. The first-order chi connectivity index (χ1) is 17.4. The fourth-order valence-electron chi connectivity index (χ4n) is 4.26. The highest BCUT2D eigenvalue weighted by atomic mass is 32.2. The summed E-state index contributed by atoms with van der Waals surface area (Å²) in [5, 5.41) is 19.9. The highest BCUT2D eigenvalue weighted by Gasteiger charge is 2.23. The largest absolute Gasteiger partial charge is 0.358 e. The Morgan fingerprint density at radius 2 is 1.97 bits per heavy atom. The molecule has 10 nitrogen and oxygen atoms in total. The molecule has 0 unspecified atom stereocenters. The minimum absolute atomic E-state index is 0.0842. The molecule has 0 aliphatic heterocycles. The van der Waals surface area contributed by atoms with E-state index >= 15 is 0 Å². The molecular formula is C25H25N7O3S. The van der Waals surface area contributed by atoms with Gasteiger partial charge in [-0.15, -0.1) is 0 Å². The number of aromatic amines is 1. The molecule has 1 saturated carbocycles. The number of carbonyl (C=O) groups is 1. The van der Waals surface area contributed by atoms with E-state index < -0.39 is 10.0 Å². The third-order valence-electron chi connectivity index (χ3n) is 6.43. The highest BCUT2D eigenvalue weighted by Crippen LogP contribution is 2.33. The van der Waals surface area contributed by atoms with Crippen LogP contribution in [0.25, 0.3) is 10.9 Å². The average Bonchev–Trinajstić information content (AvgIpc) is 3.46. The molecule has 0 bridgehead atoms.